The van der Waals surface area contributed by atoms with Gasteiger partial charge in [-0.3, -0.25) is 0 Å². The fourth-order valence-electron chi connectivity index (χ4n) is 1.79. The second-order valence-corrected chi connectivity index (χ2v) is 5.96. The number of halogens is 3. The second kappa shape index (κ2) is 5.92. The summed E-state index contributed by atoms with van der Waals surface area (Å²) in [6.45, 7) is 1.86. The van der Waals surface area contributed by atoms with Gasteiger partial charge in [-0.25, -0.2) is 4.39 Å². The van der Waals surface area contributed by atoms with Gasteiger partial charge in [-0.1, -0.05) is 15.9 Å². The summed E-state index contributed by atoms with van der Waals surface area (Å²) in [6, 6.07) is 9.45. The van der Waals surface area contributed by atoms with Crippen LogP contribution in [0.25, 0.3) is 0 Å². The van der Waals surface area contributed by atoms with Gasteiger partial charge in [0.05, 0.1) is 6.04 Å². The molecule has 1 unspecified atom stereocenters. The standard InChI is InChI=1S/C14H12Br2FNO/c1-8(11-7-10(17)3-5-14(11)19)18-13-4-2-9(15)6-12(13)16/h2-8,18-19H,1H3. The second-order valence-electron chi connectivity index (χ2n) is 4.19. The van der Waals surface area contributed by atoms with Crippen LogP contribution >= 0.6 is 31.9 Å². The number of aromatic hydroxyl groups is 1. The Bertz CT molecular complexity index is 604. The van der Waals surface area contributed by atoms with Crippen LogP contribution in [0.15, 0.2) is 45.3 Å². The first kappa shape index (κ1) is 14.3. The van der Waals surface area contributed by atoms with Crippen molar-refractivity contribution in [3.8, 4) is 5.75 Å². The highest BCUT2D eigenvalue weighted by Gasteiger charge is 2.12. The summed E-state index contributed by atoms with van der Waals surface area (Å²) >= 11 is 6.83. The predicted octanol–water partition coefficient (Wildman–Crippen LogP) is 5.23. The topological polar surface area (TPSA) is 32.3 Å². The first-order chi connectivity index (χ1) is 8.97. The van der Waals surface area contributed by atoms with Crippen molar-refractivity contribution in [3.63, 3.8) is 0 Å². The van der Waals surface area contributed by atoms with Crippen LogP contribution in [0.1, 0.15) is 18.5 Å². The predicted molar refractivity (Wildman–Crippen MR) is 81.9 cm³/mol. The largest absolute Gasteiger partial charge is 0.508 e. The number of nitrogens with one attached hydrogen (secondary N) is 1. The van der Waals surface area contributed by atoms with E-state index in [2.05, 4.69) is 37.2 Å². The molecule has 19 heavy (non-hydrogen) atoms. The van der Waals surface area contributed by atoms with E-state index in [0.717, 1.165) is 14.6 Å². The summed E-state index contributed by atoms with van der Waals surface area (Å²) in [4.78, 5) is 0. The molecule has 0 aliphatic carbocycles. The average molecular weight is 389 g/mol. The third-order valence-corrected chi connectivity index (χ3v) is 3.91. The number of hydrogen-bond donors (Lipinski definition) is 2. The van der Waals surface area contributed by atoms with Crippen molar-refractivity contribution in [1.82, 2.24) is 0 Å². The summed E-state index contributed by atoms with van der Waals surface area (Å²) in [5.74, 6) is -0.286. The average Bonchev–Trinajstić information content (AvgIpc) is 2.35. The van der Waals surface area contributed by atoms with Crippen molar-refractivity contribution in [1.29, 1.82) is 0 Å². The van der Waals surface area contributed by atoms with Gasteiger partial charge in [0.1, 0.15) is 11.6 Å². The van der Waals surface area contributed by atoms with Crippen molar-refractivity contribution >= 4 is 37.5 Å². The van der Waals surface area contributed by atoms with Gasteiger partial charge in [0.15, 0.2) is 0 Å². The Hall–Kier alpha value is -1.07. The lowest BCUT2D eigenvalue weighted by Gasteiger charge is -2.18. The summed E-state index contributed by atoms with van der Waals surface area (Å²) < 4.78 is 15.1. The van der Waals surface area contributed by atoms with E-state index in [-0.39, 0.29) is 17.6 Å². The maximum absolute atomic E-state index is 13.2. The molecule has 0 fully saturated rings. The van der Waals surface area contributed by atoms with E-state index in [1.165, 1.54) is 18.2 Å². The van der Waals surface area contributed by atoms with Crippen LogP contribution in [0, 0.1) is 5.82 Å². The highest BCUT2D eigenvalue weighted by Crippen LogP contribution is 2.32. The van der Waals surface area contributed by atoms with Gasteiger partial charge in [0.25, 0.3) is 0 Å². The van der Waals surface area contributed by atoms with Gasteiger partial charge >= 0.3 is 0 Å². The summed E-state index contributed by atoms with van der Waals surface area (Å²) in [7, 11) is 0. The molecule has 2 rings (SSSR count). The van der Waals surface area contributed by atoms with Crippen LogP contribution in [0.3, 0.4) is 0 Å². The van der Waals surface area contributed by atoms with Crippen molar-refractivity contribution < 1.29 is 9.50 Å². The van der Waals surface area contributed by atoms with Gasteiger partial charge in [-0.05, 0) is 59.3 Å². The fourth-order valence-corrected chi connectivity index (χ4v) is 2.95. The lowest BCUT2D eigenvalue weighted by molar-refractivity contribution is 0.462. The van der Waals surface area contributed by atoms with Crippen molar-refractivity contribution in [2.24, 2.45) is 0 Å². The van der Waals surface area contributed by atoms with E-state index in [1.807, 2.05) is 25.1 Å². The van der Waals surface area contributed by atoms with Crippen LogP contribution in [0.5, 0.6) is 5.75 Å². The number of rotatable bonds is 3. The molecule has 2 aromatic rings. The maximum Gasteiger partial charge on any atom is 0.123 e. The molecule has 2 aromatic carbocycles. The zero-order valence-electron chi connectivity index (χ0n) is 10.1. The molecular formula is C14H12Br2FNO. The van der Waals surface area contributed by atoms with Crippen LogP contribution in [0.4, 0.5) is 10.1 Å². The minimum Gasteiger partial charge on any atom is -0.508 e. The molecule has 0 amide bonds. The van der Waals surface area contributed by atoms with Crippen molar-refractivity contribution in [2.75, 3.05) is 5.32 Å². The van der Waals surface area contributed by atoms with E-state index in [9.17, 15) is 9.50 Å². The van der Waals surface area contributed by atoms with Crippen LogP contribution in [-0.2, 0) is 0 Å². The SMILES string of the molecule is CC(Nc1ccc(Br)cc1Br)c1cc(F)ccc1O. The summed E-state index contributed by atoms with van der Waals surface area (Å²) in [5.41, 5.74) is 1.40. The third-order valence-electron chi connectivity index (χ3n) is 2.76. The fraction of sp³-hybridized carbons (Fsp3) is 0.143. The number of hydrogen-bond acceptors (Lipinski definition) is 2. The molecule has 0 spiro atoms. The van der Waals surface area contributed by atoms with E-state index >= 15 is 0 Å². The molecule has 0 aliphatic heterocycles. The summed E-state index contributed by atoms with van der Waals surface area (Å²) in [5, 5.41) is 13.0. The van der Waals surface area contributed by atoms with Gasteiger partial charge in [-0.2, -0.15) is 0 Å². The van der Waals surface area contributed by atoms with E-state index in [4.69, 9.17) is 0 Å². The molecule has 0 saturated carbocycles. The number of phenolic OH excluding ortho intramolecular Hbond substituents is 1. The van der Waals surface area contributed by atoms with Crippen LogP contribution in [0.2, 0.25) is 0 Å². The molecule has 0 radical (unpaired) electrons. The monoisotopic (exact) mass is 387 g/mol. The lowest BCUT2D eigenvalue weighted by Crippen LogP contribution is -2.07. The van der Waals surface area contributed by atoms with Crippen LogP contribution < -0.4 is 5.32 Å². The molecule has 2 nitrogen and oxygen atoms in total. The van der Waals surface area contributed by atoms with Crippen molar-refractivity contribution in [2.45, 2.75) is 13.0 Å². The Morgan fingerprint density at radius 3 is 2.58 bits per heavy atom. The molecule has 0 aromatic heterocycles. The van der Waals surface area contributed by atoms with Gasteiger partial charge < -0.3 is 10.4 Å². The minimum absolute atomic E-state index is 0.0784. The Morgan fingerprint density at radius 2 is 1.89 bits per heavy atom. The third kappa shape index (κ3) is 3.48. The lowest BCUT2D eigenvalue weighted by atomic mass is 10.1. The molecule has 5 heteroatoms. The Labute approximate surface area is 127 Å². The molecule has 100 valence electrons. The van der Waals surface area contributed by atoms with E-state index < -0.39 is 0 Å². The molecule has 0 aliphatic rings. The Kier molecular flexibility index (Phi) is 4.47. The molecular weight excluding hydrogens is 377 g/mol. The minimum atomic E-state index is -0.365. The van der Waals surface area contributed by atoms with Crippen molar-refractivity contribution in [3.05, 3.63) is 56.7 Å². The van der Waals surface area contributed by atoms with Gasteiger partial charge in [0, 0.05) is 20.2 Å². The molecule has 0 heterocycles. The maximum atomic E-state index is 13.2. The first-order valence-corrected chi connectivity index (χ1v) is 7.26. The normalized spacial score (nSPS) is 12.2. The summed E-state index contributed by atoms with van der Waals surface area (Å²) in [6.07, 6.45) is 0. The highest BCUT2D eigenvalue weighted by molar-refractivity contribution is 9.11. The zero-order chi connectivity index (χ0) is 14.0. The van der Waals surface area contributed by atoms with E-state index in [1.54, 1.807) is 0 Å². The molecule has 2 N–H and O–H groups in total. The quantitative estimate of drug-likeness (QED) is 0.754. The zero-order valence-corrected chi connectivity index (χ0v) is 13.3. The van der Waals surface area contributed by atoms with Gasteiger partial charge in [0.2, 0.25) is 0 Å². The smallest absolute Gasteiger partial charge is 0.123 e. The molecule has 1 atom stereocenters. The van der Waals surface area contributed by atoms with E-state index in [0.29, 0.717) is 5.56 Å². The Balaban J connectivity index is 2.25. The van der Waals surface area contributed by atoms with Crippen LogP contribution in [-0.4, -0.2) is 5.11 Å². The first-order valence-electron chi connectivity index (χ1n) is 5.67. The Morgan fingerprint density at radius 1 is 1.16 bits per heavy atom. The number of phenols is 1. The van der Waals surface area contributed by atoms with Gasteiger partial charge in [-0.15, -0.1) is 0 Å². The highest BCUT2D eigenvalue weighted by atomic mass is 79.9. The molecule has 0 bridgehead atoms. The molecule has 0 saturated heterocycles. The number of anilines is 1. The number of benzene rings is 2.